The molecule has 106 valence electrons. The Kier molecular flexibility index (Phi) is 4.44. The van der Waals surface area contributed by atoms with E-state index in [0.717, 1.165) is 10.9 Å². The van der Waals surface area contributed by atoms with Crippen molar-refractivity contribution in [2.24, 2.45) is 0 Å². The van der Waals surface area contributed by atoms with Crippen LogP contribution < -0.4 is 5.73 Å². The molecule has 2 rings (SSSR count). The lowest BCUT2D eigenvalue weighted by molar-refractivity contribution is -0.127. The predicted octanol–water partition coefficient (Wildman–Crippen LogP) is 1.92. The third-order valence-corrected chi connectivity index (χ3v) is 4.06. The highest BCUT2D eigenvalue weighted by Crippen LogP contribution is 2.21. The molecule has 0 saturated carbocycles. The molecule has 0 aliphatic carbocycles. The Morgan fingerprint density at radius 2 is 2.05 bits per heavy atom. The van der Waals surface area contributed by atoms with Crippen LogP contribution in [0.1, 0.15) is 12.7 Å². The topological polar surface area (TPSA) is 72.1 Å². The first-order chi connectivity index (χ1) is 9.49. The van der Waals surface area contributed by atoms with E-state index in [1.807, 2.05) is 31.2 Å². The maximum atomic E-state index is 11.8. The molecule has 0 aliphatic heterocycles. The molecule has 2 aromatic rings. The molecule has 5 nitrogen and oxygen atoms in total. The highest BCUT2D eigenvalue weighted by Gasteiger charge is 2.16. The van der Waals surface area contributed by atoms with Crippen molar-refractivity contribution in [3.63, 3.8) is 0 Å². The fourth-order valence-electron chi connectivity index (χ4n) is 1.85. The minimum absolute atomic E-state index is 0.0868. The number of rotatable bonds is 4. The lowest BCUT2D eigenvalue weighted by atomic mass is 10.2. The second-order valence-electron chi connectivity index (χ2n) is 4.73. The minimum Gasteiger partial charge on any atom is -0.383 e. The van der Waals surface area contributed by atoms with Gasteiger partial charge in [-0.1, -0.05) is 12.1 Å². The first-order valence-electron chi connectivity index (χ1n) is 6.33. The number of nitrogen functional groups attached to an aromatic ring is 1. The molecular weight excluding hydrogens is 272 g/mol. The summed E-state index contributed by atoms with van der Waals surface area (Å²) in [6.07, 6.45) is 0. The largest absolute Gasteiger partial charge is 0.383 e. The number of fused-ring (bicyclic) bond motifs is 1. The zero-order valence-electron chi connectivity index (χ0n) is 11.8. The molecule has 1 amide bonds. The van der Waals surface area contributed by atoms with Crippen molar-refractivity contribution >= 4 is 34.4 Å². The molecule has 20 heavy (non-hydrogen) atoms. The van der Waals surface area contributed by atoms with Crippen molar-refractivity contribution in [3.05, 3.63) is 30.1 Å². The molecule has 0 radical (unpaired) electrons. The fourth-order valence-corrected chi connectivity index (χ4v) is 2.73. The Morgan fingerprint density at radius 1 is 1.35 bits per heavy atom. The highest BCUT2D eigenvalue weighted by atomic mass is 32.2. The molecule has 0 saturated heterocycles. The smallest absolute Gasteiger partial charge is 0.234 e. The summed E-state index contributed by atoms with van der Waals surface area (Å²) in [5.74, 6) is 1.79. The average Bonchev–Trinajstić information content (AvgIpc) is 2.44. The number of para-hydroxylation sites is 1. The van der Waals surface area contributed by atoms with Gasteiger partial charge in [0.2, 0.25) is 5.91 Å². The number of amides is 1. The Balaban J connectivity index is 2.13. The molecule has 0 unspecified atom stereocenters. The second kappa shape index (κ2) is 6.09. The molecule has 2 N–H and O–H groups in total. The van der Waals surface area contributed by atoms with Gasteiger partial charge in [0.1, 0.15) is 11.6 Å². The molecule has 1 atom stereocenters. The number of hydrogen-bond donors (Lipinski definition) is 1. The maximum Gasteiger partial charge on any atom is 0.234 e. The molecule has 0 aliphatic rings. The van der Waals surface area contributed by atoms with E-state index in [9.17, 15) is 4.79 Å². The summed E-state index contributed by atoms with van der Waals surface area (Å²) in [5, 5.41) is 0.736. The molecule has 0 fully saturated rings. The number of nitrogens with zero attached hydrogens (tertiary/aromatic N) is 3. The van der Waals surface area contributed by atoms with Crippen LogP contribution in [0.5, 0.6) is 0 Å². The van der Waals surface area contributed by atoms with Crippen LogP contribution >= 0.6 is 11.8 Å². The van der Waals surface area contributed by atoms with Crippen LogP contribution in [0.15, 0.2) is 24.3 Å². The number of hydrogen-bond acceptors (Lipinski definition) is 5. The van der Waals surface area contributed by atoms with Crippen molar-refractivity contribution in [1.29, 1.82) is 0 Å². The van der Waals surface area contributed by atoms with Crippen LogP contribution in [-0.4, -0.2) is 40.1 Å². The van der Waals surface area contributed by atoms with E-state index in [1.54, 1.807) is 19.0 Å². The number of thioether (sulfide) groups is 1. The van der Waals surface area contributed by atoms with Crippen LogP contribution in [0.25, 0.3) is 10.9 Å². The van der Waals surface area contributed by atoms with E-state index in [-0.39, 0.29) is 11.2 Å². The molecular formula is C14H18N4OS. The van der Waals surface area contributed by atoms with Crippen LogP contribution in [0, 0.1) is 0 Å². The number of anilines is 1. The summed E-state index contributed by atoms with van der Waals surface area (Å²) < 4.78 is 0. The standard InChI is InChI=1S/C14H18N4OS/c1-9(14(19)18(2)3)20-8-12-16-11-7-5-4-6-10(11)13(15)17-12/h4-7,9H,8H2,1-3H3,(H2,15,16,17)/t9-/m1/s1. The van der Waals surface area contributed by atoms with Crippen LogP contribution in [0.2, 0.25) is 0 Å². The van der Waals surface area contributed by atoms with Gasteiger partial charge >= 0.3 is 0 Å². The number of carbonyl (C=O) groups is 1. The molecule has 1 aromatic carbocycles. The van der Waals surface area contributed by atoms with Gasteiger partial charge in [-0.15, -0.1) is 11.8 Å². The number of benzene rings is 1. The first kappa shape index (κ1) is 14.6. The van der Waals surface area contributed by atoms with Crippen molar-refractivity contribution in [1.82, 2.24) is 14.9 Å². The van der Waals surface area contributed by atoms with Crippen LogP contribution in [0.3, 0.4) is 0 Å². The summed E-state index contributed by atoms with van der Waals surface area (Å²) in [7, 11) is 3.51. The Morgan fingerprint density at radius 3 is 2.75 bits per heavy atom. The van der Waals surface area contributed by atoms with Gasteiger partial charge in [-0.05, 0) is 19.1 Å². The van der Waals surface area contributed by atoms with E-state index in [2.05, 4.69) is 9.97 Å². The summed E-state index contributed by atoms with van der Waals surface area (Å²) in [6.45, 7) is 1.89. The second-order valence-corrected chi connectivity index (χ2v) is 6.06. The van der Waals surface area contributed by atoms with Crippen molar-refractivity contribution < 1.29 is 4.79 Å². The fraction of sp³-hybridized carbons (Fsp3) is 0.357. The summed E-state index contributed by atoms with van der Waals surface area (Å²) >= 11 is 1.51. The maximum absolute atomic E-state index is 11.8. The lowest BCUT2D eigenvalue weighted by Gasteiger charge is -2.16. The average molecular weight is 290 g/mol. The van der Waals surface area contributed by atoms with Crippen LogP contribution in [0.4, 0.5) is 5.82 Å². The van der Waals surface area contributed by atoms with E-state index in [1.165, 1.54) is 11.8 Å². The molecule has 0 bridgehead atoms. The van der Waals surface area contributed by atoms with Gasteiger partial charge in [-0.3, -0.25) is 4.79 Å². The zero-order chi connectivity index (χ0) is 14.7. The van der Waals surface area contributed by atoms with Gasteiger partial charge in [-0.25, -0.2) is 9.97 Å². The third-order valence-electron chi connectivity index (χ3n) is 2.93. The zero-order valence-corrected chi connectivity index (χ0v) is 12.6. The van der Waals surface area contributed by atoms with Gasteiger partial charge in [-0.2, -0.15) is 0 Å². The van der Waals surface area contributed by atoms with Gasteiger partial charge < -0.3 is 10.6 Å². The monoisotopic (exact) mass is 290 g/mol. The molecule has 1 heterocycles. The lowest BCUT2D eigenvalue weighted by Crippen LogP contribution is -2.29. The SMILES string of the molecule is C[C@@H](SCc1nc(N)c2ccccc2n1)C(=O)N(C)C. The normalized spacial score (nSPS) is 12.3. The number of carbonyl (C=O) groups excluding carboxylic acids is 1. The van der Waals surface area contributed by atoms with Gasteiger partial charge in [0.15, 0.2) is 0 Å². The summed E-state index contributed by atoms with van der Waals surface area (Å²) in [6, 6.07) is 7.65. The van der Waals surface area contributed by atoms with Crippen molar-refractivity contribution in [3.8, 4) is 0 Å². The summed E-state index contributed by atoms with van der Waals surface area (Å²) in [4.78, 5) is 22.1. The Labute approximate surface area is 122 Å². The van der Waals surface area contributed by atoms with Crippen LogP contribution in [-0.2, 0) is 10.5 Å². The highest BCUT2D eigenvalue weighted by molar-refractivity contribution is 7.99. The predicted molar refractivity (Wildman–Crippen MR) is 83.4 cm³/mol. The first-order valence-corrected chi connectivity index (χ1v) is 7.38. The minimum atomic E-state index is -0.124. The van der Waals surface area contributed by atoms with Crippen molar-refractivity contribution in [2.45, 2.75) is 17.9 Å². The van der Waals surface area contributed by atoms with E-state index >= 15 is 0 Å². The van der Waals surface area contributed by atoms with Crippen molar-refractivity contribution in [2.75, 3.05) is 19.8 Å². The number of nitrogens with two attached hydrogens (primary N) is 1. The third kappa shape index (κ3) is 3.19. The number of aromatic nitrogens is 2. The molecule has 6 heteroatoms. The van der Waals surface area contributed by atoms with Gasteiger partial charge in [0.05, 0.1) is 16.5 Å². The summed E-state index contributed by atoms with van der Waals surface area (Å²) in [5.41, 5.74) is 6.77. The molecule has 0 spiro atoms. The quantitative estimate of drug-likeness (QED) is 0.931. The van der Waals surface area contributed by atoms with Gasteiger partial charge in [0, 0.05) is 19.5 Å². The Hall–Kier alpha value is -1.82. The van der Waals surface area contributed by atoms with E-state index in [4.69, 9.17) is 5.73 Å². The van der Waals surface area contributed by atoms with Gasteiger partial charge in [0.25, 0.3) is 0 Å². The van der Waals surface area contributed by atoms with E-state index < -0.39 is 0 Å². The Bertz CT molecular complexity index is 630. The van der Waals surface area contributed by atoms with E-state index in [0.29, 0.717) is 17.4 Å². The molecule has 1 aromatic heterocycles.